The van der Waals surface area contributed by atoms with Crippen LogP contribution in [0.15, 0.2) is 66.7 Å². The predicted octanol–water partition coefficient (Wildman–Crippen LogP) is 4.66. The number of nitrogens with one attached hydrogen (secondary N) is 1. The molecule has 1 aliphatic heterocycles. The van der Waals surface area contributed by atoms with Crippen LogP contribution in [-0.4, -0.2) is 43.5 Å². The highest BCUT2D eigenvalue weighted by Gasteiger charge is 2.19. The number of amides is 1. The van der Waals surface area contributed by atoms with E-state index in [1.807, 2.05) is 41.0 Å². The fourth-order valence-electron chi connectivity index (χ4n) is 4.63. The Morgan fingerprint density at radius 2 is 1.75 bits per heavy atom. The first-order valence-corrected chi connectivity index (χ1v) is 12.0. The highest BCUT2D eigenvalue weighted by molar-refractivity contribution is 6.04. The van der Waals surface area contributed by atoms with E-state index in [-0.39, 0.29) is 17.9 Å². The second-order valence-corrected chi connectivity index (χ2v) is 9.02. The van der Waals surface area contributed by atoms with Gasteiger partial charge in [-0.05, 0) is 67.4 Å². The lowest BCUT2D eigenvalue weighted by Crippen LogP contribution is -2.29. The number of aromatic nitrogens is 2. The van der Waals surface area contributed by atoms with E-state index in [9.17, 15) is 20.0 Å². The number of nitro groups is 1. The Kier molecular flexibility index (Phi) is 6.75. The first-order valence-electron chi connectivity index (χ1n) is 12.0. The summed E-state index contributed by atoms with van der Waals surface area (Å²) in [7, 11) is 0. The minimum absolute atomic E-state index is 0.0683. The molecule has 1 amide bonds. The summed E-state index contributed by atoms with van der Waals surface area (Å²) in [6, 6.07) is 19.1. The van der Waals surface area contributed by atoms with Crippen LogP contribution in [0.1, 0.15) is 40.7 Å². The topological polar surface area (TPSA) is 114 Å². The molecule has 0 aliphatic carbocycles. The van der Waals surface area contributed by atoms with Gasteiger partial charge in [-0.3, -0.25) is 29.7 Å². The molecule has 0 saturated carbocycles. The summed E-state index contributed by atoms with van der Waals surface area (Å²) in [5.74, 6) is -0.177. The zero-order valence-corrected chi connectivity index (χ0v) is 19.8. The Balaban J connectivity index is 1.52. The molecule has 2 N–H and O–H groups in total. The molecule has 0 atom stereocenters. The molecule has 1 aliphatic rings. The van der Waals surface area contributed by atoms with E-state index in [2.05, 4.69) is 16.3 Å². The first-order chi connectivity index (χ1) is 17.5. The maximum Gasteiger partial charge on any atom is 0.270 e. The lowest BCUT2D eigenvalue weighted by molar-refractivity contribution is -0.384. The summed E-state index contributed by atoms with van der Waals surface area (Å²) < 4.78 is 1.84. The van der Waals surface area contributed by atoms with Crippen molar-refractivity contribution < 1.29 is 14.8 Å². The van der Waals surface area contributed by atoms with Gasteiger partial charge in [0.25, 0.3) is 11.6 Å². The van der Waals surface area contributed by atoms with Gasteiger partial charge in [-0.1, -0.05) is 30.7 Å². The van der Waals surface area contributed by atoms with Crippen LogP contribution in [0, 0.1) is 10.1 Å². The molecule has 0 radical (unpaired) electrons. The van der Waals surface area contributed by atoms with Crippen molar-refractivity contribution in [2.24, 2.45) is 0 Å². The third-order valence-corrected chi connectivity index (χ3v) is 6.50. The third kappa shape index (κ3) is 4.98. The van der Waals surface area contributed by atoms with Gasteiger partial charge in [0.15, 0.2) is 0 Å². The number of imidazole rings is 1. The number of likely N-dealkylation sites (tertiary alicyclic amines) is 1. The van der Waals surface area contributed by atoms with Crippen molar-refractivity contribution >= 4 is 28.6 Å². The summed E-state index contributed by atoms with van der Waals surface area (Å²) in [4.78, 5) is 30.9. The Morgan fingerprint density at radius 3 is 2.47 bits per heavy atom. The van der Waals surface area contributed by atoms with E-state index >= 15 is 0 Å². The molecule has 5 rings (SSSR count). The number of carbonyl (C=O) groups excluding carboxylic acids is 1. The lowest BCUT2D eigenvalue weighted by Gasteiger charge is -2.26. The van der Waals surface area contributed by atoms with E-state index in [4.69, 9.17) is 4.98 Å². The molecule has 36 heavy (non-hydrogen) atoms. The van der Waals surface area contributed by atoms with Crippen LogP contribution >= 0.6 is 0 Å². The van der Waals surface area contributed by atoms with Gasteiger partial charge in [0, 0.05) is 29.9 Å². The highest BCUT2D eigenvalue weighted by atomic mass is 16.6. The average Bonchev–Trinajstić information content (AvgIpc) is 3.26. The van der Waals surface area contributed by atoms with Crippen LogP contribution in [0.5, 0.6) is 0 Å². The number of carbonyl (C=O) groups is 1. The first kappa shape index (κ1) is 23.7. The maximum absolute atomic E-state index is 13.1. The fourth-order valence-corrected chi connectivity index (χ4v) is 4.63. The van der Waals surface area contributed by atoms with Crippen molar-refractivity contribution in [1.29, 1.82) is 0 Å². The summed E-state index contributed by atoms with van der Waals surface area (Å²) >= 11 is 0. The zero-order valence-electron chi connectivity index (χ0n) is 19.8. The molecule has 4 aromatic rings. The van der Waals surface area contributed by atoms with Crippen LogP contribution in [0.25, 0.3) is 16.7 Å². The van der Waals surface area contributed by atoms with Crippen molar-refractivity contribution in [2.45, 2.75) is 32.4 Å². The molecule has 9 nitrogen and oxygen atoms in total. The van der Waals surface area contributed by atoms with Crippen LogP contribution < -0.4 is 5.32 Å². The van der Waals surface area contributed by atoms with Crippen LogP contribution in [0.4, 0.5) is 11.6 Å². The molecule has 1 aromatic heterocycles. The van der Waals surface area contributed by atoms with Gasteiger partial charge in [-0.25, -0.2) is 4.98 Å². The predicted molar refractivity (Wildman–Crippen MR) is 137 cm³/mol. The SMILES string of the molecule is O=C(Nc1nc2cc(CN3CCCCC3)ccc2n1-c1ccc(CO)cc1)c1cccc([N+](=O)[O-])c1. The monoisotopic (exact) mass is 485 g/mol. The summed E-state index contributed by atoms with van der Waals surface area (Å²) in [5.41, 5.74) is 4.28. The van der Waals surface area contributed by atoms with Crippen LogP contribution in [0.2, 0.25) is 0 Å². The molecule has 3 aromatic carbocycles. The number of hydrogen-bond donors (Lipinski definition) is 2. The van der Waals surface area contributed by atoms with Gasteiger partial charge < -0.3 is 5.11 Å². The van der Waals surface area contributed by atoms with E-state index in [1.54, 1.807) is 0 Å². The highest BCUT2D eigenvalue weighted by Crippen LogP contribution is 2.27. The normalized spacial score (nSPS) is 14.1. The minimum atomic E-state index is -0.529. The van der Waals surface area contributed by atoms with E-state index < -0.39 is 10.8 Å². The molecule has 0 spiro atoms. The number of non-ortho nitro benzene ring substituents is 1. The largest absolute Gasteiger partial charge is 0.392 e. The lowest BCUT2D eigenvalue weighted by atomic mass is 10.1. The molecule has 0 unspecified atom stereocenters. The minimum Gasteiger partial charge on any atom is -0.392 e. The summed E-state index contributed by atoms with van der Waals surface area (Å²) in [5, 5.41) is 23.4. The smallest absolute Gasteiger partial charge is 0.270 e. The van der Waals surface area contributed by atoms with Crippen molar-refractivity contribution in [2.75, 3.05) is 18.4 Å². The van der Waals surface area contributed by atoms with Gasteiger partial charge in [-0.15, -0.1) is 0 Å². The molecular weight excluding hydrogens is 458 g/mol. The average molecular weight is 486 g/mol. The number of aliphatic hydroxyl groups excluding tert-OH is 1. The molecule has 1 saturated heterocycles. The second-order valence-electron chi connectivity index (χ2n) is 9.02. The van der Waals surface area contributed by atoms with Crippen LogP contribution in [-0.2, 0) is 13.2 Å². The summed E-state index contributed by atoms with van der Waals surface area (Å²) in [6.07, 6.45) is 3.71. The number of nitro benzene ring substituents is 1. The third-order valence-electron chi connectivity index (χ3n) is 6.50. The fraction of sp³-hybridized carbons (Fsp3) is 0.259. The number of fused-ring (bicyclic) bond motifs is 1. The number of nitrogens with zero attached hydrogens (tertiary/aromatic N) is 4. The van der Waals surface area contributed by atoms with E-state index in [0.29, 0.717) is 5.95 Å². The maximum atomic E-state index is 13.1. The molecule has 1 fully saturated rings. The zero-order chi connectivity index (χ0) is 25.1. The van der Waals surface area contributed by atoms with E-state index in [0.717, 1.165) is 47.5 Å². The molecule has 2 heterocycles. The number of hydrogen-bond acceptors (Lipinski definition) is 6. The van der Waals surface area contributed by atoms with Crippen molar-refractivity contribution in [3.8, 4) is 5.69 Å². The molecule has 9 heteroatoms. The number of aliphatic hydroxyl groups is 1. The molecule has 184 valence electrons. The number of rotatable bonds is 7. The standard InChI is InChI=1S/C27H27N5O4/c33-18-19-7-10-22(11-8-19)31-25-12-9-20(17-30-13-2-1-3-14-30)15-24(25)28-27(31)29-26(34)21-5-4-6-23(16-21)32(35)36/h4-12,15-16,33H,1-3,13-14,17-18H2,(H,28,29,34). The van der Waals surface area contributed by atoms with Crippen molar-refractivity contribution in [3.05, 3.63) is 93.5 Å². The Bertz CT molecular complexity index is 1410. The number of anilines is 1. The van der Waals surface area contributed by atoms with E-state index in [1.165, 1.54) is 43.5 Å². The Hall–Kier alpha value is -4.08. The Morgan fingerprint density at radius 1 is 1.00 bits per heavy atom. The van der Waals surface area contributed by atoms with Crippen molar-refractivity contribution in [1.82, 2.24) is 14.5 Å². The number of benzene rings is 3. The van der Waals surface area contributed by atoms with Gasteiger partial charge in [0.05, 0.1) is 22.6 Å². The molecule has 0 bridgehead atoms. The van der Waals surface area contributed by atoms with Crippen LogP contribution in [0.3, 0.4) is 0 Å². The quantitative estimate of drug-likeness (QED) is 0.291. The van der Waals surface area contributed by atoms with Gasteiger partial charge in [0.1, 0.15) is 0 Å². The van der Waals surface area contributed by atoms with Gasteiger partial charge in [-0.2, -0.15) is 0 Å². The summed E-state index contributed by atoms with van der Waals surface area (Å²) in [6.45, 7) is 2.97. The number of piperidine rings is 1. The molecular formula is C27H27N5O4. The van der Waals surface area contributed by atoms with Gasteiger partial charge >= 0.3 is 0 Å². The Labute approximate surface area is 208 Å². The second kappa shape index (κ2) is 10.3. The van der Waals surface area contributed by atoms with Crippen molar-refractivity contribution in [3.63, 3.8) is 0 Å². The van der Waals surface area contributed by atoms with Gasteiger partial charge in [0.2, 0.25) is 5.95 Å².